The summed E-state index contributed by atoms with van der Waals surface area (Å²) in [5, 5.41) is 4.22. The Labute approximate surface area is 125 Å². The number of nitrogens with zero attached hydrogens (tertiary/aromatic N) is 1. The second-order valence-electron chi connectivity index (χ2n) is 5.15. The molecule has 0 saturated heterocycles. The quantitative estimate of drug-likeness (QED) is 0.910. The van der Waals surface area contributed by atoms with E-state index in [1.165, 1.54) is 28.1 Å². The van der Waals surface area contributed by atoms with Crippen molar-refractivity contribution in [1.29, 1.82) is 0 Å². The van der Waals surface area contributed by atoms with E-state index in [0.29, 0.717) is 5.25 Å². The number of thioether (sulfide) groups is 1. The average molecular weight is 284 g/mol. The number of hydrogen-bond donors (Lipinski definition) is 1. The van der Waals surface area contributed by atoms with Crippen LogP contribution in [0.2, 0.25) is 0 Å². The maximum absolute atomic E-state index is 4.48. The van der Waals surface area contributed by atoms with Crippen LogP contribution in [-0.2, 0) is 19.4 Å². The normalized spacial score (nSPS) is 17.1. The molecule has 0 spiro atoms. The van der Waals surface area contributed by atoms with Gasteiger partial charge in [-0.3, -0.25) is 4.98 Å². The standard InChI is InChI=1S/C17H20N2S/c1-2-13-7-5-9-19-16(13)12-18-11-15-10-14-6-3-4-8-17(14)20-15/h3-9,15,18H,2,10-12H2,1H3. The Morgan fingerprint density at radius 2 is 2.15 bits per heavy atom. The highest BCUT2D eigenvalue weighted by atomic mass is 32.2. The van der Waals surface area contributed by atoms with Crippen LogP contribution in [0, 0.1) is 0 Å². The molecule has 1 aromatic heterocycles. The monoisotopic (exact) mass is 284 g/mol. The lowest BCUT2D eigenvalue weighted by Crippen LogP contribution is -2.24. The van der Waals surface area contributed by atoms with Crippen molar-refractivity contribution >= 4 is 11.8 Å². The highest BCUT2D eigenvalue weighted by molar-refractivity contribution is 8.00. The Morgan fingerprint density at radius 3 is 3.00 bits per heavy atom. The molecular weight excluding hydrogens is 264 g/mol. The van der Waals surface area contributed by atoms with E-state index < -0.39 is 0 Å². The minimum absolute atomic E-state index is 0.654. The number of hydrogen-bond acceptors (Lipinski definition) is 3. The average Bonchev–Trinajstić information content (AvgIpc) is 2.90. The molecule has 20 heavy (non-hydrogen) atoms. The zero-order chi connectivity index (χ0) is 13.8. The summed E-state index contributed by atoms with van der Waals surface area (Å²) in [5.74, 6) is 0. The first-order chi connectivity index (χ1) is 9.86. The summed E-state index contributed by atoms with van der Waals surface area (Å²) in [6, 6.07) is 12.9. The van der Waals surface area contributed by atoms with Crippen LogP contribution in [0.3, 0.4) is 0 Å². The van der Waals surface area contributed by atoms with E-state index >= 15 is 0 Å². The number of pyridine rings is 1. The zero-order valence-corrected chi connectivity index (χ0v) is 12.6. The van der Waals surface area contributed by atoms with Gasteiger partial charge in [0.1, 0.15) is 0 Å². The van der Waals surface area contributed by atoms with Gasteiger partial charge in [-0.1, -0.05) is 31.2 Å². The molecule has 3 rings (SSSR count). The topological polar surface area (TPSA) is 24.9 Å². The van der Waals surface area contributed by atoms with Gasteiger partial charge in [-0.05, 0) is 36.1 Å². The number of aromatic nitrogens is 1. The minimum Gasteiger partial charge on any atom is -0.310 e. The molecule has 1 unspecified atom stereocenters. The molecule has 1 N–H and O–H groups in total. The number of fused-ring (bicyclic) bond motifs is 1. The molecule has 0 radical (unpaired) electrons. The van der Waals surface area contributed by atoms with Gasteiger partial charge in [0.15, 0.2) is 0 Å². The number of nitrogens with one attached hydrogen (secondary N) is 1. The van der Waals surface area contributed by atoms with Gasteiger partial charge in [0.2, 0.25) is 0 Å². The number of rotatable bonds is 5. The lowest BCUT2D eigenvalue weighted by molar-refractivity contribution is 0.651. The molecule has 2 nitrogen and oxygen atoms in total. The van der Waals surface area contributed by atoms with Crippen molar-refractivity contribution < 1.29 is 0 Å². The molecule has 104 valence electrons. The Bertz CT molecular complexity index is 558. The largest absolute Gasteiger partial charge is 0.310 e. The highest BCUT2D eigenvalue weighted by Crippen LogP contribution is 2.36. The van der Waals surface area contributed by atoms with Gasteiger partial charge < -0.3 is 5.32 Å². The molecule has 1 aliphatic heterocycles. The summed E-state index contributed by atoms with van der Waals surface area (Å²) in [4.78, 5) is 5.93. The molecule has 1 aliphatic rings. The molecule has 1 atom stereocenters. The van der Waals surface area contributed by atoms with Gasteiger partial charge in [0.05, 0.1) is 5.69 Å². The van der Waals surface area contributed by atoms with Crippen LogP contribution < -0.4 is 5.32 Å². The molecule has 0 amide bonds. The van der Waals surface area contributed by atoms with E-state index in [9.17, 15) is 0 Å². The first-order valence-corrected chi connectivity index (χ1v) is 8.13. The Balaban J connectivity index is 1.52. The smallest absolute Gasteiger partial charge is 0.0573 e. The molecular formula is C17H20N2S. The summed E-state index contributed by atoms with van der Waals surface area (Å²) in [6.07, 6.45) is 4.11. The third-order valence-corrected chi connectivity index (χ3v) is 5.06. The van der Waals surface area contributed by atoms with Crippen molar-refractivity contribution in [2.24, 2.45) is 0 Å². The first kappa shape index (κ1) is 13.7. The SMILES string of the molecule is CCc1cccnc1CNCC1Cc2ccccc2S1. The van der Waals surface area contributed by atoms with Gasteiger partial charge in [-0.15, -0.1) is 11.8 Å². The maximum Gasteiger partial charge on any atom is 0.0573 e. The van der Waals surface area contributed by atoms with Crippen molar-refractivity contribution in [2.45, 2.75) is 36.5 Å². The van der Waals surface area contributed by atoms with Crippen molar-refractivity contribution in [1.82, 2.24) is 10.3 Å². The summed E-state index contributed by atoms with van der Waals surface area (Å²) in [7, 11) is 0. The van der Waals surface area contributed by atoms with Crippen LogP contribution in [0.1, 0.15) is 23.7 Å². The van der Waals surface area contributed by atoms with E-state index in [1.54, 1.807) is 0 Å². The van der Waals surface area contributed by atoms with Crippen LogP contribution in [0.15, 0.2) is 47.5 Å². The van der Waals surface area contributed by atoms with Crippen molar-refractivity contribution in [3.63, 3.8) is 0 Å². The maximum atomic E-state index is 4.48. The number of benzene rings is 1. The predicted octanol–water partition coefficient (Wildman–Crippen LogP) is 3.45. The molecule has 0 aliphatic carbocycles. The van der Waals surface area contributed by atoms with E-state index in [4.69, 9.17) is 0 Å². The second-order valence-corrected chi connectivity index (χ2v) is 6.49. The third-order valence-electron chi connectivity index (χ3n) is 3.74. The zero-order valence-electron chi connectivity index (χ0n) is 11.8. The number of aryl methyl sites for hydroxylation is 1. The van der Waals surface area contributed by atoms with Crippen LogP contribution >= 0.6 is 11.8 Å². The summed E-state index contributed by atoms with van der Waals surface area (Å²) < 4.78 is 0. The molecule has 1 aromatic carbocycles. The Kier molecular flexibility index (Phi) is 4.38. The summed E-state index contributed by atoms with van der Waals surface area (Å²) in [5.41, 5.74) is 4.04. The van der Waals surface area contributed by atoms with E-state index in [-0.39, 0.29) is 0 Å². The van der Waals surface area contributed by atoms with Crippen LogP contribution in [0.4, 0.5) is 0 Å². The Hall–Kier alpha value is -1.32. The van der Waals surface area contributed by atoms with Gasteiger partial charge in [-0.2, -0.15) is 0 Å². The fourth-order valence-corrected chi connectivity index (χ4v) is 3.95. The lowest BCUT2D eigenvalue weighted by atomic mass is 10.1. The fraction of sp³-hybridized carbons (Fsp3) is 0.353. The molecule has 0 bridgehead atoms. The fourth-order valence-electron chi connectivity index (χ4n) is 2.67. The van der Waals surface area contributed by atoms with Gasteiger partial charge in [0, 0.05) is 29.4 Å². The van der Waals surface area contributed by atoms with Crippen molar-refractivity contribution in [2.75, 3.05) is 6.54 Å². The molecule has 3 heteroatoms. The minimum atomic E-state index is 0.654. The third kappa shape index (κ3) is 3.05. The van der Waals surface area contributed by atoms with Crippen LogP contribution in [0.5, 0.6) is 0 Å². The second kappa shape index (κ2) is 6.42. The van der Waals surface area contributed by atoms with Crippen molar-refractivity contribution in [3.05, 3.63) is 59.4 Å². The van der Waals surface area contributed by atoms with Gasteiger partial charge >= 0.3 is 0 Å². The van der Waals surface area contributed by atoms with E-state index in [1.807, 2.05) is 24.0 Å². The van der Waals surface area contributed by atoms with E-state index in [2.05, 4.69) is 47.6 Å². The highest BCUT2D eigenvalue weighted by Gasteiger charge is 2.21. The lowest BCUT2D eigenvalue weighted by Gasteiger charge is -2.11. The Morgan fingerprint density at radius 1 is 1.25 bits per heavy atom. The molecule has 0 saturated carbocycles. The van der Waals surface area contributed by atoms with Crippen molar-refractivity contribution in [3.8, 4) is 0 Å². The summed E-state index contributed by atoms with van der Waals surface area (Å²) >= 11 is 2.00. The van der Waals surface area contributed by atoms with E-state index in [0.717, 1.165) is 19.5 Å². The first-order valence-electron chi connectivity index (χ1n) is 7.25. The van der Waals surface area contributed by atoms with Crippen LogP contribution in [-0.4, -0.2) is 16.8 Å². The molecule has 2 aromatic rings. The molecule has 0 fully saturated rings. The van der Waals surface area contributed by atoms with Gasteiger partial charge in [0.25, 0.3) is 0 Å². The molecule has 2 heterocycles. The van der Waals surface area contributed by atoms with Crippen LogP contribution in [0.25, 0.3) is 0 Å². The summed E-state index contributed by atoms with van der Waals surface area (Å²) in [6.45, 7) is 4.10. The van der Waals surface area contributed by atoms with Gasteiger partial charge in [-0.25, -0.2) is 0 Å². The predicted molar refractivity (Wildman–Crippen MR) is 85.1 cm³/mol.